The van der Waals surface area contributed by atoms with E-state index in [1.165, 1.54) is 32.1 Å². The predicted molar refractivity (Wildman–Crippen MR) is 61.0 cm³/mol. The lowest BCUT2D eigenvalue weighted by Crippen LogP contribution is -2.47. The Kier molecular flexibility index (Phi) is 5.09. The molecule has 0 amide bonds. The highest BCUT2D eigenvalue weighted by molar-refractivity contribution is 5.68. The maximum absolute atomic E-state index is 10.9. The molecule has 0 aromatic heterocycles. The lowest BCUT2D eigenvalue weighted by molar-refractivity contribution is -0.139. The van der Waals surface area contributed by atoms with Crippen molar-refractivity contribution in [2.75, 3.05) is 6.54 Å². The second-order valence-corrected chi connectivity index (χ2v) is 4.65. The molecule has 1 aliphatic carbocycles. The third-order valence-corrected chi connectivity index (χ3v) is 3.35. The summed E-state index contributed by atoms with van der Waals surface area (Å²) in [5, 5.41) is 12.4. The molecule has 1 aliphatic rings. The summed E-state index contributed by atoms with van der Waals surface area (Å²) in [6.07, 6.45) is 8.48. The topological polar surface area (TPSA) is 49.3 Å². The zero-order valence-electron chi connectivity index (χ0n) is 9.72. The molecule has 0 aromatic carbocycles. The molecule has 0 radical (unpaired) electrons. The first-order chi connectivity index (χ1) is 7.18. The van der Waals surface area contributed by atoms with E-state index in [1.807, 2.05) is 0 Å². The van der Waals surface area contributed by atoms with Crippen LogP contribution in [0.5, 0.6) is 0 Å². The minimum absolute atomic E-state index is 0.124. The van der Waals surface area contributed by atoms with Gasteiger partial charge in [-0.1, -0.05) is 39.0 Å². The second kappa shape index (κ2) is 6.11. The predicted octanol–water partition coefficient (Wildman–Crippen LogP) is 2.55. The molecule has 3 nitrogen and oxygen atoms in total. The summed E-state index contributed by atoms with van der Waals surface area (Å²) in [7, 11) is 0. The molecule has 2 N–H and O–H groups in total. The van der Waals surface area contributed by atoms with E-state index in [9.17, 15) is 4.79 Å². The van der Waals surface area contributed by atoms with Gasteiger partial charge in [0, 0.05) is 5.54 Å². The van der Waals surface area contributed by atoms with Crippen molar-refractivity contribution in [3.8, 4) is 0 Å². The Morgan fingerprint density at radius 1 is 1.20 bits per heavy atom. The second-order valence-electron chi connectivity index (χ2n) is 4.65. The number of rotatable bonds is 4. The molecule has 0 saturated heterocycles. The van der Waals surface area contributed by atoms with E-state index in [2.05, 4.69) is 12.2 Å². The summed E-state index contributed by atoms with van der Waals surface area (Å²) in [4.78, 5) is 10.9. The number of hydrogen-bond acceptors (Lipinski definition) is 2. The van der Waals surface area contributed by atoms with E-state index in [0.29, 0.717) is 0 Å². The average Bonchev–Trinajstić information content (AvgIpc) is 2.11. The quantitative estimate of drug-likeness (QED) is 0.754. The van der Waals surface area contributed by atoms with Crippen LogP contribution in [0.15, 0.2) is 0 Å². The third-order valence-electron chi connectivity index (χ3n) is 3.35. The highest BCUT2D eigenvalue weighted by atomic mass is 16.4. The van der Waals surface area contributed by atoms with Crippen LogP contribution in [0.1, 0.15) is 58.3 Å². The minimum Gasteiger partial charge on any atom is -0.481 e. The van der Waals surface area contributed by atoms with E-state index in [0.717, 1.165) is 19.4 Å². The van der Waals surface area contributed by atoms with Crippen LogP contribution in [0.4, 0.5) is 0 Å². The molecule has 1 saturated carbocycles. The smallest absolute Gasteiger partial charge is 0.305 e. The summed E-state index contributed by atoms with van der Waals surface area (Å²) >= 11 is 0. The molecule has 0 spiro atoms. The lowest BCUT2D eigenvalue weighted by atomic mass is 9.81. The maximum atomic E-state index is 10.9. The van der Waals surface area contributed by atoms with Crippen LogP contribution in [0.25, 0.3) is 0 Å². The first-order valence-corrected chi connectivity index (χ1v) is 6.15. The molecule has 3 heteroatoms. The maximum Gasteiger partial charge on any atom is 0.305 e. The van der Waals surface area contributed by atoms with Crippen LogP contribution in [0.2, 0.25) is 0 Å². The van der Waals surface area contributed by atoms with Gasteiger partial charge in [-0.05, 0) is 19.4 Å². The highest BCUT2D eigenvalue weighted by Crippen LogP contribution is 2.29. The highest BCUT2D eigenvalue weighted by Gasteiger charge is 2.31. The summed E-state index contributed by atoms with van der Waals surface area (Å²) in [6.45, 7) is 2.93. The van der Waals surface area contributed by atoms with Crippen LogP contribution in [-0.2, 0) is 4.79 Å². The largest absolute Gasteiger partial charge is 0.481 e. The fourth-order valence-electron chi connectivity index (χ4n) is 2.66. The normalized spacial score (nSPS) is 21.7. The third kappa shape index (κ3) is 4.20. The SMILES string of the molecule is CCNC1(CC(=O)O)CCCCCCC1. The van der Waals surface area contributed by atoms with E-state index in [1.54, 1.807) is 0 Å². The molecule has 0 aromatic rings. The van der Waals surface area contributed by atoms with Gasteiger partial charge in [0.2, 0.25) is 0 Å². The number of carboxylic acid groups (broad SMARTS) is 1. The lowest BCUT2D eigenvalue weighted by Gasteiger charge is -2.35. The van der Waals surface area contributed by atoms with Crippen molar-refractivity contribution in [3.05, 3.63) is 0 Å². The van der Waals surface area contributed by atoms with Crippen LogP contribution in [0, 0.1) is 0 Å². The fourth-order valence-corrected chi connectivity index (χ4v) is 2.66. The van der Waals surface area contributed by atoms with E-state index >= 15 is 0 Å². The van der Waals surface area contributed by atoms with Gasteiger partial charge in [0.1, 0.15) is 0 Å². The number of nitrogens with one attached hydrogen (secondary N) is 1. The van der Waals surface area contributed by atoms with E-state index < -0.39 is 5.97 Å². The zero-order chi connectivity index (χ0) is 11.1. The van der Waals surface area contributed by atoms with Crippen molar-refractivity contribution in [1.29, 1.82) is 0 Å². The van der Waals surface area contributed by atoms with Gasteiger partial charge in [-0.15, -0.1) is 0 Å². The number of hydrogen-bond donors (Lipinski definition) is 2. The van der Waals surface area contributed by atoms with Crippen molar-refractivity contribution in [2.24, 2.45) is 0 Å². The van der Waals surface area contributed by atoms with Crippen molar-refractivity contribution < 1.29 is 9.90 Å². The molecule has 0 unspecified atom stereocenters. The van der Waals surface area contributed by atoms with Gasteiger partial charge in [-0.3, -0.25) is 4.79 Å². The van der Waals surface area contributed by atoms with Gasteiger partial charge in [0.15, 0.2) is 0 Å². The van der Waals surface area contributed by atoms with Crippen LogP contribution in [0.3, 0.4) is 0 Å². The number of carbonyl (C=O) groups is 1. The van der Waals surface area contributed by atoms with Gasteiger partial charge < -0.3 is 10.4 Å². The Bertz CT molecular complexity index is 196. The summed E-state index contributed by atoms with van der Waals surface area (Å²) < 4.78 is 0. The average molecular weight is 213 g/mol. The molecule has 15 heavy (non-hydrogen) atoms. The summed E-state index contributed by atoms with van der Waals surface area (Å²) in [5.41, 5.74) is -0.124. The molecule has 1 rings (SSSR count). The monoisotopic (exact) mass is 213 g/mol. The first-order valence-electron chi connectivity index (χ1n) is 6.15. The molecular formula is C12H23NO2. The standard InChI is InChI=1S/C12H23NO2/c1-2-13-12(10-11(14)15)8-6-4-3-5-7-9-12/h13H,2-10H2,1H3,(H,14,15). The number of carboxylic acids is 1. The Hall–Kier alpha value is -0.570. The van der Waals surface area contributed by atoms with Gasteiger partial charge in [-0.25, -0.2) is 0 Å². The molecule has 1 fully saturated rings. The zero-order valence-corrected chi connectivity index (χ0v) is 9.72. The Morgan fingerprint density at radius 2 is 1.73 bits per heavy atom. The van der Waals surface area contributed by atoms with Crippen molar-refractivity contribution >= 4 is 5.97 Å². The van der Waals surface area contributed by atoms with Crippen molar-refractivity contribution in [3.63, 3.8) is 0 Å². The molecule has 0 heterocycles. The van der Waals surface area contributed by atoms with Crippen LogP contribution in [-0.4, -0.2) is 23.2 Å². The molecule has 0 bridgehead atoms. The first kappa shape index (κ1) is 12.5. The molecular weight excluding hydrogens is 190 g/mol. The number of aliphatic carboxylic acids is 1. The summed E-state index contributed by atoms with van der Waals surface area (Å²) in [6, 6.07) is 0. The van der Waals surface area contributed by atoms with Gasteiger partial charge >= 0.3 is 5.97 Å². The van der Waals surface area contributed by atoms with Crippen molar-refractivity contribution in [1.82, 2.24) is 5.32 Å². The molecule has 88 valence electrons. The van der Waals surface area contributed by atoms with Crippen LogP contribution < -0.4 is 5.32 Å². The van der Waals surface area contributed by atoms with Gasteiger partial charge in [0.05, 0.1) is 6.42 Å². The summed E-state index contributed by atoms with van der Waals surface area (Å²) in [5.74, 6) is -0.670. The van der Waals surface area contributed by atoms with E-state index in [4.69, 9.17) is 5.11 Å². The van der Waals surface area contributed by atoms with Crippen LogP contribution >= 0.6 is 0 Å². The van der Waals surface area contributed by atoms with Gasteiger partial charge in [-0.2, -0.15) is 0 Å². The Labute approximate surface area is 92.3 Å². The van der Waals surface area contributed by atoms with Crippen molar-refractivity contribution in [2.45, 2.75) is 63.8 Å². The molecule has 0 aliphatic heterocycles. The minimum atomic E-state index is -0.670. The molecule has 0 atom stereocenters. The van der Waals surface area contributed by atoms with E-state index in [-0.39, 0.29) is 12.0 Å². The van der Waals surface area contributed by atoms with Gasteiger partial charge in [0.25, 0.3) is 0 Å². The fraction of sp³-hybridized carbons (Fsp3) is 0.917. The Balaban J connectivity index is 2.61. The Morgan fingerprint density at radius 3 is 2.20 bits per heavy atom.